The molecule has 2 rings (SSSR count). The molecule has 0 unspecified atom stereocenters. The Hall–Kier alpha value is -0.940. The summed E-state index contributed by atoms with van der Waals surface area (Å²) in [4.78, 5) is 0. The van der Waals surface area contributed by atoms with Gasteiger partial charge in [-0.1, -0.05) is 0 Å². The van der Waals surface area contributed by atoms with Crippen molar-refractivity contribution in [1.82, 2.24) is 10.2 Å². The Bertz CT molecular complexity index is 229. The van der Waals surface area contributed by atoms with Crippen LogP contribution in [0.2, 0.25) is 0 Å². The first kappa shape index (κ1) is 7.70. The zero-order valence-corrected chi connectivity index (χ0v) is 6.64. The summed E-state index contributed by atoms with van der Waals surface area (Å²) in [7, 11) is 0. The summed E-state index contributed by atoms with van der Waals surface area (Å²) >= 11 is 0. The van der Waals surface area contributed by atoms with Crippen molar-refractivity contribution in [3.63, 3.8) is 0 Å². The van der Waals surface area contributed by atoms with Crippen molar-refractivity contribution in [2.45, 2.75) is 25.0 Å². The molecule has 0 saturated carbocycles. The second kappa shape index (κ2) is 3.20. The van der Waals surface area contributed by atoms with Crippen molar-refractivity contribution in [2.75, 3.05) is 6.61 Å². The summed E-state index contributed by atoms with van der Waals surface area (Å²) in [6, 6.07) is 0.157. The van der Waals surface area contributed by atoms with E-state index in [-0.39, 0.29) is 12.1 Å². The van der Waals surface area contributed by atoms with Gasteiger partial charge in [0.1, 0.15) is 6.10 Å². The van der Waals surface area contributed by atoms with Crippen LogP contribution in [0.5, 0.6) is 0 Å². The van der Waals surface area contributed by atoms with E-state index in [0.717, 1.165) is 12.8 Å². The average Bonchev–Trinajstić information content (AvgIpc) is 2.58. The summed E-state index contributed by atoms with van der Waals surface area (Å²) in [5.74, 6) is 0.557. The van der Waals surface area contributed by atoms with Gasteiger partial charge in [0, 0.05) is 6.04 Å². The van der Waals surface area contributed by atoms with Crippen LogP contribution in [0.4, 0.5) is 0 Å². The fourth-order valence-electron chi connectivity index (χ4n) is 1.29. The summed E-state index contributed by atoms with van der Waals surface area (Å²) in [5.41, 5.74) is 5.66. The molecule has 5 heteroatoms. The van der Waals surface area contributed by atoms with E-state index >= 15 is 0 Å². The van der Waals surface area contributed by atoms with Crippen LogP contribution in [0, 0.1) is 0 Å². The molecule has 1 saturated heterocycles. The van der Waals surface area contributed by atoms with E-state index in [4.69, 9.17) is 14.9 Å². The van der Waals surface area contributed by atoms with Crippen molar-refractivity contribution in [3.05, 3.63) is 12.3 Å². The maximum atomic E-state index is 5.66. The van der Waals surface area contributed by atoms with Gasteiger partial charge in [0.05, 0.1) is 6.61 Å². The lowest BCUT2D eigenvalue weighted by atomic mass is 10.1. The van der Waals surface area contributed by atoms with Gasteiger partial charge >= 0.3 is 0 Å². The molecule has 0 amide bonds. The number of nitrogens with zero attached hydrogens (tertiary/aromatic N) is 2. The van der Waals surface area contributed by atoms with E-state index in [2.05, 4.69) is 10.2 Å². The molecular weight excluding hydrogens is 158 g/mol. The highest BCUT2D eigenvalue weighted by Gasteiger charge is 2.23. The largest absolute Gasteiger partial charge is 0.425 e. The van der Waals surface area contributed by atoms with Crippen LogP contribution in [0.15, 0.2) is 10.8 Å². The summed E-state index contributed by atoms with van der Waals surface area (Å²) in [6.45, 7) is 0.576. The van der Waals surface area contributed by atoms with Crippen molar-refractivity contribution in [2.24, 2.45) is 5.73 Å². The van der Waals surface area contributed by atoms with Gasteiger partial charge in [-0.25, -0.2) is 0 Å². The molecular formula is C7H11N3O2. The molecule has 2 N–H and O–H groups in total. The Labute approximate surface area is 69.9 Å². The van der Waals surface area contributed by atoms with Gasteiger partial charge in [-0.05, 0) is 12.8 Å². The second-order valence-electron chi connectivity index (χ2n) is 2.94. The minimum absolute atomic E-state index is 0.0488. The maximum Gasteiger partial charge on any atom is 0.244 e. The van der Waals surface area contributed by atoms with E-state index in [0.29, 0.717) is 12.5 Å². The summed E-state index contributed by atoms with van der Waals surface area (Å²) in [5, 5.41) is 7.37. The first-order valence-corrected chi connectivity index (χ1v) is 3.99. The lowest BCUT2D eigenvalue weighted by molar-refractivity contribution is -0.0114. The monoisotopic (exact) mass is 169 g/mol. The normalized spacial score (nSPS) is 30.4. The molecule has 1 aromatic heterocycles. The van der Waals surface area contributed by atoms with Crippen LogP contribution >= 0.6 is 0 Å². The molecule has 1 aromatic rings. The maximum absolute atomic E-state index is 5.66. The summed E-state index contributed by atoms with van der Waals surface area (Å²) in [6.07, 6.45) is 3.08. The number of rotatable bonds is 1. The molecule has 0 bridgehead atoms. The standard InChI is InChI=1S/C7H11N3O2/c8-5-1-2-6(11-3-5)7-10-9-4-12-7/h4-6H,1-3,8H2/t5-,6+/m1/s1. The van der Waals surface area contributed by atoms with Gasteiger partial charge in [-0.3, -0.25) is 0 Å². The number of aromatic nitrogens is 2. The molecule has 66 valence electrons. The van der Waals surface area contributed by atoms with Crippen molar-refractivity contribution in [1.29, 1.82) is 0 Å². The third-order valence-corrected chi connectivity index (χ3v) is 1.96. The van der Waals surface area contributed by atoms with E-state index < -0.39 is 0 Å². The molecule has 2 atom stereocenters. The van der Waals surface area contributed by atoms with Crippen LogP contribution in [0.1, 0.15) is 24.8 Å². The molecule has 1 aliphatic rings. The Morgan fingerprint density at radius 3 is 3.00 bits per heavy atom. The Kier molecular flexibility index (Phi) is 2.05. The first-order chi connectivity index (χ1) is 5.86. The minimum Gasteiger partial charge on any atom is -0.425 e. The Morgan fingerprint density at radius 1 is 1.50 bits per heavy atom. The first-order valence-electron chi connectivity index (χ1n) is 3.99. The van der Waals surface area contributed by atoms with E-state index in [1.54, 1.807) is 0 Å². The van der Waals surface area contributed by atoms with Gasteiger partial charge in [0.2, 0.25) is 12.3 Å². The predicted octanol–water partition coefficient (Wildman–Crippen LogP) is 0.248. The van der Waals surface area contributed by atoms with Crippen molar-refractivity contribution in [3.8, 4) is 0 Å². The molecule has 1 fully saturated rings. The third kappa shape index (κ3) is 1.46. The van der Waals surface area contributed by atoms with Crippen LogP contribution in [-0.4, -0.2) is 22.8 Å². The number of ether oxygens (including phenoxy) is 1. The van der Waals surface area contributed by atoms with E-state index in [1.807, 2.05) is 0 Å². The van der Waals surface area contributed by atoms with Crippen LogP contribution in [0.25, 0.3) is 0 Å². The zero-order chi connectivity index (χ0) is 8.39. The molecule has 0 aromatic carbocycles. The van der Waals surface area contributed by atoms with Gasteiger partial charge < -0.3 is 14.9 Å². The van der Waals surface area contributed by atoms with E-state index in [1.165, 1.54) is 6.39 Å². The highest BCUT2D eigenvalue weighted by atomic mass is 16.5. The fourth-order valence-corrected chi connectivity index (χ4v) is 1.29. The van der Waals surface area contributed by atoms with Gasteiger partial charge in [0.15, 0.2) is 0 Å². The van der Waals surface area contributed by atoms with Gasteiger partial charge in [0.25, 0.3) is 0 Å². The second-order valence-corrected chi connectivity index (χ2v) is 2.94. The highest BCUT2D eigenvalue weighted by Crippen LogP contribution is 2.25. The predicted molar refractivity (Wildman–Crippen MR) is 40.2 cm³/mol. The SMILES string of the molecule is N[C@@H]1CC[C@@H](c2nnco2)OC1. The highest BCUT2D eigenvalue weighted by molar-refractivity contribution is 4.85. The van der Waals surface area contributed by atoms with Crippen LogP contribution in [-0.2, 0) is 4.74 Å². The smallest absolute Gasteiger partial charge is 0.244 e. The Balaban J connectivity index is 1.99. The zero-order valence-electron chi connectivity index (χ0n) is 6.64. The molecule has 5 nitrogen and oxygen atoms in total. The lowest BCUT2D eigenvalue weighted by Gasteiger charge is -2.23. The molecule has 0 aliphatic carbocycles. The number of nitrogens with two attached hydrogens (primary N) is 1. The molecule has 2 heterocycles. The quantitative estimate of drug-likeness (QED) is 0.652. The number of hydrogen-bond donors (Lipinski definition) is 1. The van der Waals surface area contributed by atoms with Crippen molar-refractivity contribution >= 4 is 0 Å². The summed E-state index contributed by atoms with van der Waals surface area (Å²) < 4.78 is 10.4. The van der Waals surface area contributed by atoms with E-state index in [9.17, 15) is 0 Å². The molecule has 1 aliphatic heterocycles. The minimum atomic E-state index is -0.0488. The van der Waals surface area contributed by atoms with Crippen LogP contribution in [0.3, 0.4) is 0 Å². The lowest BCUT2D eigenvalue weighted by Crippen LogP contribution is -2.32. The molecule has 0 spiro atoms. The Morgan fingerprint density at radius 2 is 2.42 bits per heavy atom. The molecule has 12 heavy (non-hydrogen) atoms. The average molecular weight is 169 g/mol. The topological polar surface area (TPSA) is 74.2 Å². The molecule has 0 radical (unpaired) electrons. The van der Waals surface area contributed by atoms with Gasteiger partial charge in [-0.15, -0.1) is 10.2 Å². The number of hydrogen-bond acceptors (Lipinski definition) is 5. The third-order valence-electron chi connectivity index (χ3n) is 1.96. The van der Waals surface area contributed by atoms with Crippen molar-refractivity contribution < 1.29 is 9.15 Å². The van der Waals surface area contributed by atoms with Crippen LogP contribution < -0.4 is 5.73 Å². The fraction of sp³-hybridized carbons (Fsp3) is 0.714. The van der Waals surface area contributed by atoms with Gasteiger partial charge in [-0.2, -0.15) is 0 Å².